The van der Waals surface area contributed by atoms with Gasteiger partial charge in [-0.25, -0.2) is 4.39 Å². The molecule has 15 rings (SSSR count). The minimum absolute atomic E-state index is 0.102. The van der Waals surface area contributed by atoms with E-state index in [0.29, 0.717) is 17.3 Å². The van der Waals surface area contributed by atoms with Crippen molar-refractivity contribution < 1.29 is 4.39 Å². The van der Waals surface area contributed by atoms with Gasteiger partial charge in [0.2, 0.25) is 6.71 Å². The molecule has 0 N–H and O–H groups in total. The first-order chi connectivity index (χ1) is 37.7. The van der Waals surface area contributed by atoms with Crippen molar-refractivity contribution in [2.75, 3.05) is 19.6 Å². The average molecular weight is 993 g/mol. The van der Waals surface area contributed by atoms with E-state index in [0.717, 1.165) is 67.8 Å². The molecule has 10 aromatic carbocycles. The molecule has 8 heteroatoms. The Morgan fingerprint density at radius 2 is 0.636 bits per heavy atom. The lowest BCUT2D eigenvalue weighted by Crippen LogP contribution is -2.69. The molecule has 5 heterocycles. The van der Waals surface area contributed by atoms with Crippen LogP contribution >= 0.6 is 0 Å². The SMILES string of the molecule is CC(C)c1cc(C(C)C)c(B2c3ccccc3N(c3ccccc3)c3cc4c(cc32)B2c3ccccc3N3c5ccccc5B5c6ccccc6N(c6ccccc6)c6c(F)c(c2c3c65)N4c2ccccc2)c(C(C)C)c1. The lowest BCUT2D eigenvalue weighted by atomic mass is 9.28. The van der Waals surface area contributed by atoms with Crippen LogP contribution in [0.5, 0.6) is 0 Å². The Balaban J connectivity index is 1.12. The molecule has 77 heavy (non-hydrogen) atoms. The van der Waals surface area contributed by atoms with Crippen molar-refractivity contribution in [2.45, 2.75) is 59.3 Å². The summed E-state index contributed by atoms with van der Waals surface area (Å²) >= 11 is 0. The molecule has 4 nitrogen and oxygen atoms in total. The summed E-state index contributed by atoms with van der Waals surface area (Å²) in [6.45, 7) is 13.5. The van der Waals surface area contributed by atoms with Crippen LogP contribution in [0.1, 0.15) is 76.0 Å². The summed E-state index contributed by atoms with van der Waals surface area (Å²) in [4.78, 5) is 9.47. The molecule has 0 saturated carbocycles. The summed E-state index contributed by atoms with van der Waals surface area (Å²) < 4.78 is 20.1. The number of hydrogen-bond donors (Lipinski definition) is 0. The number of hydrogen-bond acceptors (Lipinski definition) is 4. The monoisotopic (exact) mass is 992 g/mol. The van der Waals surface area contributed by atoms with Crippen LogP contribution in [0, 0.1) is 5.82 Å². The molecular formula is C69H56B3FN4. The van der Waals surface area contributed by atoms with Crippen LogP contribution in [0.4, 0.5) is 72.6 Å². The number of anilines is 12. The van der Waals surface area contributed by atoms with Crippen molar-refractivity contribution in [2.24, 2.45) is 0 Å². The molecule has 5 aliphatic heterocycles. The van der Waals surface area contributed by atoms with Gasteiger partial charge in [0.1, 0.15) is 0 Å². The molecule has 0 aliphatic carbocycles. The first-order valence-corrected chi connectivity index (χ1v) is 27.7. The van der Waals surface area contributed by atoms with Crippen molar-refractivity contribution >= 4 is 138 Å². The third-order valence-electron chi connectivity index (χ3n) is 17.4. The van der Waals surface area contributed by atoms with E-state index in [4.69, 9.17) is 0 Å². The fourth-order valence-corrected chi connectivity index (χ4v) is 14.2. The molecule has 0 fully saturated rings. The van der Waals surface area contributed by atoms with Crippen molar-refractivity contribution in [1.82, 2.24) is 0 Å². The largest absolute Gasteiger partial charge is 0.312 e. The number of benzene rings is 10. The lowest BCUT2D eigenvalue weighted by Gasteiger charge is -2.51. The van der Waals surface area contributed by atoms with E-state index >= 15 is 4.39 Å². The highest BCUT2D eigenvalue weighted by atomic mass is 19.1. The fraction of sp³-hybridized carbons (Fsp3) is 0.130. The summed E-state index contributed by atoms with van der Waals surface area (Å²) in [5.41, 5.74) is 26.4. The molecule has 0 bridgehead atoms. The van der Waals surface area contributed by atoms with Crippen LogP contribution in [0.15, 0.2) is 212 Å². The second-order valence-electron chi connectivity index (χ2n) is 22.6. The fourth-order valence-electron chi connectivity index (χ4n) is 14.2. The number of para-hydroxylation sites is 7. The standard InChI is InChI=1S/C69H56B3FN4/c1-42(2)45-38-49(43(3)4)63(50(39-45)44(5)6)71-51-30-16-20-34-57(51)74(46-24-10-7-11-25-46)61-41-62-56(40-55(61)71)72-54-33-19-23-37-60(54)77-59-36-22-18-32-53(59)70-52-31-17-21-35-58(52)75(47-26-12-8-13-27-47)68-64(70)67(77)65(72)69(66(68)73)76(62)48-28-14-9-15-29-48/h7-44H,1-6H3. The maximum Gasteiger partial charge on any atom is 0.252 e. The van der Waals surface area contributed by atoms with E-state index in [1.807, 2.05) is 6.07 Å². The van der Waals surface area contributed by atoms with Crippen molar-refractivity contribution in [3.8, 4) is 0 Å². The molecule has 0 radical (unpaired) electrons. The third kappa shape index (κ3) is 6.48. The number of fused-ring (bicyclic) bond motifs is 12. The van der Waals surface area contributed by atoms with E-state index in [9.17, 15) is 0 Å². The molecule has 0 spiro atoms. The summed E-state index contributed by atoms with van der Waals surface area (Å²) in [5.74, 6) is 0.705. The molecule has 10 aromatic rings. The zero-order valence-corrected chi connectivity index (χ0v) is 44.3. The molecule has 5 aliphatic rings. The first kappa shape index (κ1) is 45.9. The Morgan fingerprint density at radius 1 is 0.299 bits per heavy atom. The topological polar surface area (TPSA) is 13.0 Å². The highest BCUT2D eigenvalue weighted by Gasteiger charge is 2.54. The average Bonchev–Trinajstić information content (AvgIpc) is 3.39. The van der Waals surface area contributed by atoms with Crippen LogP contribution < -0.4 is 68.8 Å². The van der Waals surface area contributed by atoms with Crippen LogP contribution in [0.3, 0.4) is 0 Å². The molecule has 0 atom stereocenters. The van der Waals surface area contributed by atoms with Crippen LogP contribution in [0.25, 0.3) is 0 Å². The van der Waals surface area contributed by atoms with Gasteiger partial charge in [-0.2, -0.15) is 0 Å². The maximum absolute atomic E-state index is 20.1. The Hall–Kier alpha value is -8.48. The quantitative estimate of drug-likeness (QED) is 0.148. The minimum Gasteiger partial charge on any atom is -0.312 e. The molecular weight excluding hydrogens is 936 g/mol. The normalized spacial score (nSPS) is 14.1. The minimum atomic E-state index is -0.318. The first-order valence-electron chi connectivity index (χ1n) is 27.7. The highest BCUT2D eigenvalue weighted by Crippen LogP contribution is 2.52. The summed E-state index contributed by atoms with van der Waals surface area (Å²) in [7, 11) is 0. The van der Waals surface area contributed by atoms with Gasteiger partial charge in [0.05, 0.1) is 11.4 Å². The van der Waals surface area contributed by atoms with Gasteiger partial charge in [-0.05, 0) is 145 Å². The number of nitrogens with zero attached hydrogens (tertiary/aromatic N) is 4. The Kier molecular flexibility index (Phi) is 10.3. The Bertz CT molecular complexity index is 4010. The molecule has 0 unspecified atom stereocenters. The van der Waals surface area contributed by atoms with Gasteiger partial charge < -0.3 is 19.6 Å². The van der Waals surface area contributed by atoms with Gasteiger partial charge in [0.15, 0.2) is 5.82 Å². The highest BCUT2D eigenvalue weighted by molar-refractivity contribution is 7.05. The number of rotatable bonds is 7. The van der Waals surface area contributed by atoms with Gasteiger partial charge in [0.25, 0.3) is 13.4 Å². The lowest BCUT2D eigenvalue weighted by molar-refractivity contribution is 0.631. The van der Waals surface area contributed by atoms with E-state index < -0.39 is 0 Å². The molecule has 368 valence electrons. The van der Waals surface area contributed by atoms with E-state index in [2.05, 4.69) is 267 Å². The predicted octanol–water partition coefficient (Wildman–Crippen LogP) is 12.2. The zero-order valence-electron chi connectivity index (χ0n) is 44.3. The summed E-state index contributed by atoms with van der Waals surface area (Å²) in [6.07, 6.45) is 0. The van der Waals surface area contributed by atoms with E-state index in [1.54, 1.807) is 0 Å². The van der Waals surface area contributed by atoms with E-state index in [-0.39, 0.29) is 37.8 Å². The molecule has 0 aromatic heterocycles. The van der Waals surface area contributed by atoms with Gasteiger partial charge in [0, 0.05) is 56.9 Å². The smallest absolute Gasteiger partial charge is 0.252 e. The molecule has 0 saturated heterocycles. The number of halogens is 1. The Morgan fingerprint density at radius 3 is 1.06 bits per heavy atom. The van der Waals surface area contributed by atoms with Gasteiger partial charge in [-0.1, -0.05) is 193 Å². The third-order valence-corrected chi connectivity index (χ3v) is 17.4. The summed E-state index contributed by atoms with van der Waals surface area (Å²) in [5, 5.41) is 0. The van der Waals surface area contributed by atoms with Gasteiger partial charge in [-0.15, -0.1) is 0 Å². The van der Waals surface area contributed by atoms with Crippen molar-refractivity contribution in [1.29, 1.82) is 0 Å². The molecule has 0 amide bonds. The van der Waals surface area contributed by atoms with Gasteiger partial charge >= 0.3 is 0 Å². The van der Waals surface area contributed by atoms with Crippen LogP contribution in [-0.4, -0.2) is 20.1 Å². The summed E-state index contributed by atoms with van der Waals surface area (Å²) in [6, 6.07) is 77.5. The predicted molar refractivity (Wildman–Crippen MR) is 328 cm³/mol. The second kappa shape index (κ2) is 17.3. The van der Waals surface area contributed by atoms with Crippen molar-refractivity contribution in [3.63, 3.8) is 0 Å². The van der Waals surface area contributed by atoms with Crippen LogP contribution in [0.2, 0.25) is 0 Å². The van der Waals surface area contributed by atoms with Crippen LogP contribution in [-0.2, 0) is 0 Å². The van der Waals surface area contributed by atoms with Gasteiger partial charge in [-0.3, -0.25) is 0 Å². The second-order valence-corrected chi connectivity index (χ2v) is 22.6. The maximum atomic E-state index is 20.1. The van der Waals surface area contributed by atoms with E-state index in [1.165, 1.54) is 54.9 Å². The van der Waals surface area contributed by atoms with Crippen molar-refractivity contribution in [3.05, 3.63) is 235 Å². The Labute approximate surface area is 453 Å². The zero-order chi connectivity index (χ0) is 52.0.